The van der Waals surface area contributed by atoms with Crippen LogP contribution in [0.4, 0.5) is 0 Å². The second kappa shape index (κ2) is 7.85. The molecular formula is C25H21ClN4O3S. The number of nitrogens with zero attached hydrogens (tertiary/aromatic N) is 4. The van der Waals surface area contributed by atoms with Crippen molar-refractivity contribution in [2.24, 2.45) is 7.05 Å². The Morgan fingerprint density at radius 3 is 2.79 bits per heavy atom. The summed E-state index contributed by atoms with van der Waals surface area (Å²) in [7, 11) is 3.51. The van der Waals surface area contributed by atoms with Crippen LogP contribution >= 0.6 is 22.9 Å². The Morgan fingerprint density at radius 2 is 2.09 bits per heavy atom. The van der Waals surface area contributed by atoms with E-state index in [2.05, 4.69) is 5.10 Å². The molecule has 3 aromatic heterocycles. The number of halogens is 1. The van der Waals surface area contributed by atoms with Crippen molar-refractivity contribution >= 4 is 43.2 Å². The van der Waals surface area contributed by atoms with Gasteiger partial charge in [0.25, 0.3) is 5.56 Å². The standard InChI is InChI=1S/C25H21ClN4O3S/c1-29-11-13(10-27-29)12-30-23(16-6-5-15(33-2)9-18(16)14-3-4-14)28-24-20(25(30)32)17-7-8-19(26)21(31)22(17)34-24/h5-11,14,31H,3-4,12H2,1-2H3. The van der Waals surface area contributed by atoms with Gasteiger partial charge in [-0.05, 0) is 48.6 Å². The molecule has 34 heavy (non-hydrogen) atoms. The molecule has 0 atom stereocenters. The topological polar surface area (TPSA) is 82.2 Å². The van der Waals surface area contributed by atoms with Crippen molar-refractivity contribution in [3.8, 4) is 22.9 Å². The SMILES string of the molecule is COc1ccc(-c2nc3sc4c(O)c(Cl)ccc4c3c(=O)n2Cc2cnn(C)c2)c(C2CC2)c1. The molecule has 7 nitrogen and oxygen atoms in total. The van der Waals surface area contributed by atoms with E-state index in [-0.39, 0.29) is 16.3 Å². The molecule has 0 bridgehead atoms. The Kier molecular flexibility index (Phi) is 4.89. The predicted octanol–water partition coefficient (Wildman–Crippen LogP) is 5.31. The van der Waals surface area contributed by atoms with E-state index in [0.29, 0.717) is 38.6 Å². The van der Waals surface area contributed by atoms with E-state index in [0.717, 1.165) is 35.3 Å². The van der Waals surface area contributed by atoms with E-state index >= 15 is 0 Å². The van der Waals surface area contributed by atoms with E-state index < -0.39 is 0 Å². The number of hydrogen-bond acceptors (Lipinski definition) is 6. The van der Waals surface area contributed by atoms with Crippen LogP contribution in [0.25, 0.3) is 31.7 Å². The van der Waals surface area contributed by atoms with Crippen LogP contribution in [0, 0.1) is 0 Å². The molecule has 0 spiro atoms. The van der Waals surface area contributed by atoms with Crippen molar-refractivity contribution in [3.63, 3.8) is 0 Å². The summed E-state index contributed by atoms with van der Waals surface area (Å²) < 4.78 is 9.47. The number of aromatic nitrogens is 4. The van der Waals surface area contributed by atoms with Crippen molar-refractivity contribution < 1.29 is 9.84 Å². The van der Waals surface area contributed by atoms with Crippen LogP contribution in [0.5, 0.6) is 11.5 Å². The van der Waals surface area contributed by atoms with Gasteiger partial charge in [0.1, 0.15) is 16.4 Å². The molecule has 1 fully saturated rings. The first-order valence-electron chi connectivity index (χ1n) is 10.9. The molecule has 3 heterocycles. The minimum Gasteiger partial charge on any atom is -0.505 e. The molecule has 0 amide bonds. The van der Waals surface area contributed by atoms with E-state index in [1.165, 1.54) is 11.3 Å². The van der Waals surface area contributed by atoms with Crippen molar-refractivity contribution in [2.45, 2.75) is 25.3 Å². The molecule has 5 aromatic rings. The number of aromatic hydroxyl groups is 1. The molecule has 172 valence electrons. The molecule has 0 radical (unpaired) electrons. The number of aryl methyl sites for hydroxylation is 1. The summed E-state index contributed by atoms with van der Waals surface area (Å²) in [5.41, 5.74) is 2.80. The van der Waals surface area contributed by atoms with Gasteiger partial charge in [-0.25, -0.2) is 4.98 Å². The number of ether oxygens (including phenoxy) is 1. The van der Waals surface area contributed by atoms with Crippen LogP contribution in [0.3, 0.4) is 0 Å². The molecule has 6 rings (SSSR count). The highest BCUT2D eigenvalue weighted by atomic mass is 35.5. The zero-order valence-corrected chi connectivity index (χ0v) is 20.2. The maximum Gasteiger partial charge on any atom is 0.263 e. The van der Waals surface area contributed by atoms with Crippen molar-refractivity contribution in [2.75, 3.05) is 7.11 Å². The number of hydrogen-bond donors (Lipinski definition) is 1. The Bertz CT molecular complexity index is 1650. The third-order valence-corrected chi connectivity index (χ3v) is 7.71. The molecule has 0 unspecified atom stereocenters. The monoisotopic (exact) mass is 492 g/mol. The number of benzene rings is 2. The number of fused-ring (bicyclic) bond motifs is 3. The molecule has 9 heteroatoms. The van der Waals surface area contributed by atoms with Gasteiger partial charge in [-0.3, -0.25) is 14.0 Å². The van der Waals surface area contributed by atoms with Gasteiger partial charge in [0.2, 0.25) is 0 Å². The van der Waals surface area contributed by atoms with E-state index in [4.69, 9.17) is 21.3 Å². The summed E-state index contributed by atoms with van der Waals surface area (Å²) >= 11 is 7.43. The molecule has 1 N–H and O–H groups in total. The second-order valence-corrected chi connectivity index (χ2v) is 10.0. The first kappa shape index (κ1) is 21.2. The molecule has 0 aliphatic heterocycles. The van der Waals surface area contributed by atoms with Crippen molar-refractivity contribution in [1.82, 2.24) is 19.3 Å². The lowest BCUT2D eigenvalue weighted by Crippen LogP contribution is -2.24. The summed E-state index contributed by atoms with van der Waals surface area (Å²) in [6, 6.07) is 9.33. The van der Waals surface area contributed by atoms with Crippen molar-refractivity contribution in [3.05, 3.63) is 69.2 Å². The molecule has 1 aliphatic rings. The highest BCUT2D eigenvalue weighted by molar-refractivity contribution is 7.25. The van der Waals surface area contributed by atoms with Crippen LogP contribution in [-0.2, 0) is 13.6 Å². The van der Waals surface area contributed by atoms with Crippen LogP contribution < -0.4 is 10.3 Å². The molecular weight excluding hydrogens is 472 g/mol. The number of phenolic OH excluding ortho intramolecular Hbond substituents is 1. The predicted molar refractivity (Wildman–Crippen MR) is 134 cm³/mol. The fourth-order valence-electron chi connectivity index (χ4n) is 4.48. The maximum atomic E-state index is 14.0. The van der Waals surface area contributed by atoms with Crippen LogP contribution in [0.2, 0.25) is 5.02 Å². The van der Waals surface area contributed by atoms with E-state index in [1.54, 1.807) is 34.7 Å². The fourth-order valence-corrected chi connectivity index (χ4v) is 5.80. The summed E-state index contributed by atoms with van der Waals surface area (Å²) in [5.74, 6) is 1.79. The quantitative estimate of drug-likeness (QED) is 0.360. The van der Waals surface area contributed by atoms with E-state index in [9.17, 15) is 9.90 Å². The average molecular weight is 493 g/mol. The zero-order chi connectivity index (χ0) is 23.6. The smallest absolute Gasteiger partial charge is 0.263 e. The van der Waals surface area contributed by atoms with Crippen LogP contribution in [0.15, 0.2) is 47.5 Å². The highest BCUT2D eigenvalue weighted by Gasteiger charge is 2.29. The van der Waals surface area contributed by atoms with Gasteiger partial charge < -0.3 is 9.84 Å². The third-order valence-electron chi connectivity index (χ3n) is 6.30. The number of rotatable bonds is 5. The zero-order valence-electron chi connectivity index (χ0n) is 18.6. The Labute approximate surface area is 203 Å². The molecule has 1 saturated carbocycles. The van der Waals surface area contributed by atoms with Gasteiger partial charge in [0.05, 0.1) is 35.0 Å². The van der Waals surface area contributed by atoms with Gasteiger partial charge >= 0.3 is 0 Å². The average Bonchev–Trinajstić information content (AvgIpc) is 3.50. The molecule has 2 aromatic carbocycles. The molecule has 0 saturated heterocycles. The number of methoxy groups -OCH3 is 1. The Morgan fingerprint density at radius 1 is 1.26 bits per heavy atom. The largest absolute Gasteiger partial charge is 0.505 e. The summed E-state index contributed by atoms with van der Waals surface area (Å²) in [5, 5.41) is 16.2. The maximum absolute atomic E-state index is 14.0. The van der Waals surface area contributed by atoms with Gasteiger partial charge in [-0.2, -0.15) is 5.10 Å². The third kappa shape index (κ3) is 3.36. The summed E-state index contributed by atoms with van der Waals surface area (Å²) in [4.78, 5) is 19.6. The minimum atomic E-state index is -0.158. The lowest BCUT2D eigenvalue weighted by molar-refractivity contribution is 0.414. The number of thiophene rings is 1. The number of phenols is 1. The first-order valence-corrected chi connectivity index (χ1v) is 12.1. The van der Waals surface area contributed by atoms with Gasteiger partial charge in [-0.1, -0.05) is 17.7 Å². The molecule has 1 aliphatic carbocycles. The fraction of sp³-hybridized carbons (Fsp3) is 0.240. The summed E-state index contributed by atoms with van der Waals surface area (Å²) in [6.45, 7) is 0.331. The van der Waals surface area contributed by atoms with Crippen LogP contribution in [0.1, 0.15) is 29.9 Å². The Hall–Kier alpha value is -3.36. The lowest BCUT2D eigenvalue weighted by atomic mass is 10.0. The lowest BCUT2D eigenvalue weighted by Gasteiger charge is -2.16. The minimum absolute atomic E-state index is 0.0231. The van der Waals surface area contributed by atoms with Gasteiger partial charge in [0.15, 0.2) is 5.75 Å². The van der Waals surface area contributed by atoms with E-state index in [1.807, 2.05) is 31.4 Å². The van der Waals surface area contributed by atoms with Gasteiger partial charge in [-0.15, -0.1) is 11.3 Å². The highest BCUT2D eigenvalue weighted by Crippen LogP contribution is 2.46. The Balaban J connectivity index is 1.67. The second-order valence-electron chi connectivity index (χ2n) is 8.63. The normalized spacial score (nSPS) is 13.7. The van der Waals surface area contributed by atoms with Crippen molar-refractivity contribution in [1.29, 1.82) is 0 Å². The summed E-state index contributed by atoms with van der Waals surface area (Å²) in [6.07, 6.45) is 5.86. The first-order chi connectivity index (χ1) is 16.4. The van der Waals surface area contributed by atoms with Crippen LogP contribution in [-0.4, -0.2) is 31.5 Å². The van der Waals surface area contributed by atoms with Gasteiger partial charge in [0, 0.05) is 29.8 Å².